The highest BCUT2D eigenvalue weighted by atomic mass is 15.1. The van der Waals surface area contributed by atoms with Crippen molar-refractivity contribution in [2.45, 2.75) is 13.0 Å². The molecule has 0 radical (unpaired) electrons. The van der Waals surface area contributed by atoms with E-state index in [1.54, 1.807) is 0 Å². The van der Waals surface area contributed by atoms with E-state index < -0.39 is 0 Å². The molecule has 0 aromatic heterocycles. The Morgan fingerprint density at radius 1 is 0.947 bits per heavy atom. The summed E-state index contributed by atoms with van der Waals surface area (Å²) >= 11 is 0. The monoisotopic (exact) mass is 252 g/mol. The third kappa shape index (κ3) is 3.15. The molecule has 0 aliphatic carbocycles. The molecule has 1 aliphatic heterocycles. The Morgan fingerprint density at radius 3 is 2.63 bits per heavy atom. The van der Waals surface area contributed by atoms with Crippen LogP contribution in [0.4, 0.5) is 5.69 Å². The van der Waals surface area contributed by atoms with Crippen molar-refractivity contribution >= 4 is 5.69 Å². The second kappa shape index (κ2) is 5.89. The molecule has 0 unspecified atom stereocenters. The number of nitrogens with one attached hydrogen (secondary N) is 1. The Balaban J connectivity index is 1.63. The van der Waals surface area contributed by atoms with E-state index in [9.17, 15) is 0 Å². The molecule has 19 heavy (non-hydrogen) atoms. The Bertz CT molecular complexity index is 522. The quantitative estimate of drug-likeness (QED) is 0.902. The largest absolute Gasteiger partial charge is 0.383 e. The van der Waals surface area contributed by atoms with Crippen LogP contribution < -0.4 is 5.32 Å². The minimum Gasteiger partial charge on any atom is -0.383 e. The molecule has 0 amide bonds. The zero-order valence-electron chi connectivity index (χ0n) is 11.2. The number of benzene rings is 2. The molecule has 0 atom stereocenters. The van der Waals surface area contributed by atoms with Gasteiger partial charge in [0.15, 0.2) is 0 Å². The second-order valence-corrected chi connectivity index (χ2v) is 5.10. The third-order valence-electron chi connectivity index (χ3n) is 3.71. The SMILES string of the molecule is c1ccc(CCN2CCNc3ccccc3C2)cc1. The molecular weight excluding hydrogens is 232 g/mol. The average molecular weight is 252 g/mol. The van der Waals surface area contributed by atoms with Gasteiger partial charge in [-0.3, -0.25) is 4.90 Å². The molecule has 3 rings (SSSR count). The molecule has 0 saturated carbocycles. The van der Waals surface area contributed by atoms with Gasteiger partial charge in [0.05, 0.1) is 0 Å². The molecule has 2 nitrogen and oxygen atoms in total. The molecule has 98 valence electrons. The van der Waals surface area contributed by atoms with Crippen LogP contribution in [0.1, 0.15) is 11.1 Å². The minimum atomic E-state index is 1.03. The first-order valence-corrected chi connectivity index (χ1v) is 7.00. The molecule has 2 aromatic rings. The van der Waals surface area contributed by atoms with Crippen LogP contribution >= 0.6 is 0 Å². The Kier molecular flexibility index (Phi) is 3.80. The predicted octanol–water partition coefficient (Wildman–Crippen LogP) is 3.16. The first-order valence-electron chi connectivity index (χ1n) is 7.00. The lowest BCUT2D eigenvalue weighted by Crippen LogP contribution is -2.28. The summed E-state index contributed by atoms with van der Waals surface area (Å²) in [7, 11) is 0. The van der Waals surface area contributed by atoms with Crippen molar-refractivity contribution in [2.24, 2.45) is 0 Å². The maximum Gasteiger partial charge on any atom is 0.0386 e. The Labute approximate surface area is 115 Å². The fourth-order valence-electron chi connectivity index (χ4n) is 2.62. The molecule has 1 heterocycles. The van der Waals surface area contributed by atoms with E-state index in [-0.39, 0.29) is 0 Å². The lowest BCUT2D eigenvalue weighted by Gasteiger charge is -2.19. The van der Waals surface area contributed by atoms with E-state index in [4.69, 9.17) is 0 Å². The lowest BCUT2D eigenvalue weighted by molar-refractivity contribution is 0.284. The molecule has 1 N–H and O–H groups in total. The van der Waals surface area contributed by atoms with E-state index >= 15 is 0 Å². The maximum atomic E-state index is 3.51. The predicted molar refractivity (Wildman–Crippen MR) is 80.4 cm³/mol. The van der Waals surface area contributed by atoms with Gasteiger partial charge < -0.3 is 5.32 Å². The third-order valence-corrected chi connectivity index (χ3v) is 3.71. The number of anilines is 1. The van der Waals surface area contributed by atoms with Gasteiger partial charge in [0.2, 0.25) is 0 Å². The molecule has 0 fully saturated rings. The summed E-state index contributed by atoms with van der Waals surface area (Å²) in [6.45, 7) is 4.32. The van der Waals surface area contributed by atoms with E-state index in [2.05, 4.69) is 64.8 Å². The zero-order chi connectivity index (χ0) is 12.9. The van der Waals surface area contributed by atoms with E-state index in [0.717, 1.165) is 32.6 Å². The van der Waals surface area contributed by atoms with Crippen molar-refractivity contribution in [3.63, 3.8) is 0 Å². The summed E-state index contributed by atoms with van der Waals surface area (Å²) in [6.07, 6.45) is 1.13. The number of rotatable bonds is 3. The molecule has 1 aliphatic rings. The zero-order valence-corrected chi connectivity index (χ0v) is 11.2. The van der Waals surface area contributed by atoms with Crippen molar-refractivity contribution in [1.82, 2.24) is 4.90 Å². The molecule has 2 aromatic carbocycles. The van der Waals surface area contributed by atoms with Crippen LogP contribution in [0.15, 0.2) is 54.6 Å². The van der Waals surface area contributed by atoms with Gasteiger partial charge in [-0.25, -0.2) is 0 Å². The van der Waals surface area contributed by atoms with Crippen LogP contribution in [0, 0.1) is 0 Å². The first-order chi connectivity index (χ1) is 9.42. The second-order valence-electron chi connectivity index (χ2n) is 5.10. The van der Waals surface area contributed by atoms with Crippen LogP contribution in [-0.2, 0) is 13.0 Å². The first kappa shape index (κ1) is 12.2. The fourth-order valence-corrected chi connectivity index (χ4v) is 2.62. The summed E-state index contributed by atoms with van der Waals surface area (Å²) in [6, 6.07) is 19.4. The Morgan fingerprint density at radius 2 is 1.74 bits per heavy atom. The van der Waals surface area contributed by atoms with Gasteiger partial charge in [-0.05, 0) is 23.6 Å². The highest BCUT2D eigenvalue weighted by Gasteiger charge is 2.12. The maximum absolute atomic E-state index is 3.51. The van der Waals surface area contributed by atoms with Crippen LogP contribution in [0.2, 0.25) is 0 Å². The van der Waals surface area contributed by atoms with Gasteiger partial charge in [0.1, 0.15) is 0 Å². The molecular formula is C17H20N2. The standard InChI is InChI=1S/C17H20N2/c1-2-6-15(7-3-1)10-12-19-13-11-18-17-9-5-4-8-16(17)14-19/h1-9,18H,10-14H2. The normalized spacial score (nSPS) is 15.4. The fraction of sp³-hybridized carbons (Fsp3) is 0.294. The molecule has 0 bridgehead atoms. The summed E-state index contributed by atoms with van der Waals surface area (Å²) in [5.41, 5.74) is 4.13. The van der Waals surface area contributed by atoms with Crippen molar-refractivity contribution in [1.29, 1.82) is 0 Å². The molecule has 0 saturated heterocycles. The summed E-state index contributed by atoms with van der Waals surface area (Å²) < 4.78 is 0. The highest BCUT2D eigenvalue weighted by molar-refractivity contribution is 5.51. The van der Waals surface area contributed by atoms with Crippen LogP contribution in [0.3, 0.4) is 0 Å². The Hall–Kier alpha value is -1.80. The van der Waals surface area contributed by atoms with Crippen molar-refractivity contribution in [3.05, 3.63) is 65.7 Å². The van der Waals surface area contributed by atoms with Crippen molar-refractivity contribution in [3.8, 4) is 0 Å². The van der Waals surface area contributed by atoms with Gasteiger partial charge in [0.25, 0.3) is 0 Å². The van der Waals surface area contributed by atoms with Gasteiger partial charge in [-0.15, -0.1) is 0 Å². The smallest absolute Gasteiger partial charge is 0.0386 e. The number of para-hydroxylation sites is 1. The number of hydrogen-bond donors (Lipinski definition) is 1. The van der Waals surface area contributed by atoms with Gasteiger partial charge in [-0.2, -0.15) is 0 Å². The lowest BCUT2D eigenvalue weighted by atomic mass is 10.1. The number of nitrogens with zero attached hydrogens (tertiary/aromatic N) is 1. The summed E-state index contributed by atoms with van der Waals surface area (Å²) in [4.78, 5) is 2.53. The van der Waals surface area contributed by atoms with Gasteiger partial charge in [-0.1, -0.05) is 48.5 Å². The van der Waals surface area contributed by atoms with Crippen LogP contribution in [0.25, 0.3) is 0 Å². The van der Waals surface area contributed by atoms with Gasteiger partial charge >= 0.3 is 0 Å². The molecule has 2 heteroatoms. The molecule has 0 spiro atoms. The highest BCUT2D eigenvalue weighted by Crippen LogP contribution is 2.19. The van der Waals surface area contributed by atoms with Gasteiger partial charge in [0, 0.05) is 31.9 Å². The van der Waals surface area contributed by atoms with E-state index in [1.807, 2.05) is 0 Å². The van der Waals surface area contributed by atoms with Crippen LogP contribution in [-0.4, -0.2) is 24.5 Å². The van der Waals surface area contributed by atoms with E-state index in [0.29, 0.717) is 0 Å². The van der Waals surface area contributed by atoms with Crippen molar-refractivity contribution in [2.75, 3.05) is 25.0 Å². The summed E-state index contributed by atoms with van der Waals surface area (Å²) in [5.74, 6) is 0. The summed E-state index contributed by atoms with van der Waals surface area (Å²) in [5, 5.41) is 3.51. The average Bonchev–Trinajstić information content (AvgIpc) is 2.68. The van der Waals surface area contributed by atoms with Crippen LogP contribution in [0.5, 0.6) is 0 Å². The van der Waals surface area contributed by atoms with E-state index in [1.165, 1.54) is 16.8 Å². The number of fused-ring (bicyclic) bond motifs is 1. The van der Waals surface area contributed by atoms with Crippen molar-refractivity contribution < 1.29 is 0 Å². The topological polar surface area (TPSA) is 15.3 Å². The number of hydrogen-bond acceptors (Lipinski definition) is 2. The minimum absolute atomic E-state index is 1.03.